The Labute approximate surface area is 75.4 Å². The summed E-state index contributed by atoms with van der Waals surface area (Å²) in [5, 5.41) is 0. The van der Waals surface area contributed by atoms with Gasteiger partial charge in [0.25, 0.3) is 0 Å². The number of rotatable bonds is 6. The van der Waals surface area contributed by atoms with Crippen LogP contribution in [0.4, 0.5) is 0 Å². The molecule has 4 nitrogen and oxygen atoms in total. The molecule has 0 rings (SSSR count). The van der Waals surface area contributed by atoms with Crippen molar-refractivity contribution in [2.75, 3.05) is 20.8 Å². The van der Waals surface area contributed by atoms with Crippen molar-refractivity contribution in [1.29, 1.82) is 0 Å². The molecule has 2 N–H and O–H groups in total. The molecular weight excluding hydrogens is 174 g/mol. The fraction of sp³-hybridized carbons (Fsp3) is 1.00. The summed E-state index contributed by atoms with van der Waals surface area (Å²) in [6.45, 7) is 4.40. The molecule has 12 heavy (non-hydrogen) atoms. The Morgan fingerprint density at radius 3 is 2.17 bits per heavy atom. The lowest BCUT2D eigenvalue weighted by molar-refractivity contribution is 0.103. The van der Waals surface area contributed by atoms with E-state index in [2.05, 4.69) is 0 Å². The highest BCUT2D eigenvalue weighted by molar-refractivity contribution is 6.59. The Bertz CT molecular complexity index is 117. The molecule has 0 aliphatic heterocycles. The van der Waals surface area contributed by atoms with E-state index in [0.29, 0.717) is 6.61 Å². The van der Waals surface area contributed by atoms with Gasteiger partial charge in [0.05, 0.1) is 0 Å². The molecule has 0 aromatic rings. The molecule has 0 fully saturated rings. The smallest absolute Gasteiger partial charge is 0.377 e. The minimum absolute atomic E-state index is 0.164. The average Bonchev–Trinajstić information content (AvgIpc) is 2.03. The Morgan fingerprint density at radius 2 is 1.83 bits per heavy atom. The highest BCUT2D eigenvalue weighted by Crippen LogP contribution is 2.06. The first-order chi connectivity index (χ1) is 5.54. The summed E-state index contributed by atoms with van der Waals surface area (Å²) in [6.07, 6.45) is 0.829. The van der Waals surface area contributed by atoms with Gasteiger partial charge in [0.1, 0.15) is 0 Å². The van der Waals surface area contributed by atoms with E-state index in [0.717, 1.165) is 6.42 Å². The maximum Gasteiger partial charge on any atom is 0.497 e. The minimum atomic E-state index is -2.32. The molecule has 0 aromatic heterocycles. The Morgan fingerprint density at radius 1 is 1.33 bits per heavy atom. The zero-order valence-electron chi connectivity index (χ0n) is 8.29. The Balaban J connectivity index is 3.58. The maximum atomic E-state index is 5.56. The molecule has 1 unspecified atom stereocenters. The lowest BCUT2D eigenvalue weighted by Gasteiger charge is -2.22. The van der Waals surface area contributed by atoms with E-state index >= 15 is 0 Å². The van der Waals surface area contributed by atoms with Crippen molar-refractivity contribution in [3.8, 4) is 0 Å². The van der Waals surface area contributed by atoms with Crippen LogP contribution in [0.5, 0.6) is 0 Å². The van der Waals surface area contributed by atoms with Crippen molar-refractivity contribution < 1.29 is 13.3 Å². The monoisotopic (exact) mass is 193 g/mol. The summed E-state index contributed by atoms with van der Waals surface area (Å²) < 4.78 is 15.7. The molecule has 0 aromatic carbocycles. The van der Waals surface area contributed by atoms with Crippen LogP contribution in [0.1, 0.15) is 13.3 Å². The molecule has 0 saturated carbocycles. The first-order valence-corrected chi connectivity index (χ1v) is 6.26. The number of hydrogen-bond acceptors (Lipinski definition) is 4. The summed E-state index contributed by atoms with van der Waals surface area (Å²) in [4.78, 5) is 0. The van der Waals surface area contributed by atoms with Crippen LogP contribution >= 0.6 is 0 Å². The van der Waals surface area contributed by atoms with Gasteiger partial charge in [-0.05, 0) is 13.3 Å². The second-order valence-corrected chi connectivity index (χ2v) is 5.71. The molecule has 0 radical (unpaired) electrons. The van der Waals surface area contributed by atoms with Crippen LogP contribution in [-0.4, -0.2) is 35.7 Å². The highest BCUT2D eigenvalue weighted by atomic mass is 28.4. The van der Waals surface area contributed by atoms with Gasteiger partial charge in [-0.3, -0.25) is 0 Å². The molecule has 0 aliphatic carbocycles. The second kappa shape index (κ2) is 5.66. The highest BCUT2D eigenvalue weighted by Gasteiger charge is 2.31. The molecule has 0 spiro atoms. The fourth-order valence-electron chi connectivity index (χ4n) is 0.631. The van der Waals surface area contributed by atoms with Crippen molar-refractivity contribution in [3.63, 3.8) is 0 Å². The SMILES string of the molecule is CO[Si](C)(OC)OCCC(C)N. The predicted octanol–water partition coefficient (Wildman–Crippen LogP) is 0.602. The third kappa shape index (κ3) is 4.84. The first kappa shape index (κ1) is 12.1. The molecule has 5 heteroatoms. The van der Waals surface area contributed by atoms with Gasteiger partial charge in [0.2, 0.25) is 0 Å². The van der Waals surface area contributed by atoms with Crippen LogP contribution in [0.2, 0.25) is 6.55 Å². The molecule has 74 valence electrons. The second-order valence-electron chi connectivity index (χ2n) is 2.89. The van der Waals surface area contributed by atoms with Crippen LogP contribution in [0.15, 0.2) is 0 Å². The van der Waals surface area contributed by atoms with Crippen molar-refractivity contribution in [2.45, 2.75) is 25.9 Å². The van der Waals surface area contributed by atoms with Crippen molar-refractivity contribution >= 4 is 8.80 Å². The van der Waals surface area contributed by atoms with Crippen LogP contribution in [-0.2, 0) is 13.3 Å². The topological polar surface area (TPSA) is 53.7 Å². The van der Waals surface area contributed by atoms with Crippen molar-refractivity contribution in [2.24, 2.45) is 5.73 Å². The molecule has 0 heterocycles. The Hall–Kier alpha value is 0.0569. The summed E-state index contributed by atoms with van der Waals surface area (Å²) in [5.74, 6) is 0. The van der Waals surface area contributed by atoms with E-state index < -0.39 is 8.80 Å². The Kier molecular flexibility index (Phi) is 5.69. The lowest BCUT2D eigenvalue weighted by atomic mass is 10.3. The molecular formula is C7H19NO3Si. The zero-order valence-corrected chi connectivity index (χ0v) is 9.29. The van der Waals surface area contributed by atoms with Crippen molar-refractivity contribution in [1.82, 2.24) is 0 Å². The van der Waals surface area contributed by atoms with E-state index in [1.807, 2.05) is 13.5 Å². The van der Waals surface area contributed by atoms with Crippen LogP contribution in [0.25, 0.3) is 0 Å². The first-order valence-electron chi connectivity index (χ1n) is 4.04. The molecule has 1 atom stereocenters. The fourth-order valence-corrected chi connectivity index (χ4v) is 1.52. The summed E-state index contributed by atoms with van der Waals surface area (Å²) >= 11 is 0. The quantitative estimate of drug-likeness (QED) is 0.628. The standard InChI is InChI=1S/C7H19NO3Si/c1-7(8)5-6-11-12(4,9-2)10-3/h7H,5-6,8H2,1-4H3. The van der Waals surface area contributed by atoms with Gasteiger partial charge < -0.3 is 19.0 Å². The molecule has 0 saturated heterocycles. The van der Waals surface area contributed by atoms with Crippen molar-refractivity contribution in [3.05, 3.63) is 0 Å². The summed E-state index contributed by atoms with van der Waals surface area (Å²) in [7, 11) is 0.878. The van der Waals surface area contributed by atoms with Gasteiger partial charge in [-0.15, -0.1) is 0 Å². The minimum Gasteiger partial charge on any atom is -0.377 e. The molecule has 0 amide bonds. The molecule has 0 bridgehead atoms. The maximum absolute atomic E-state index is 5.56. The average molecular weight is 193 g/mol. The van der Waals surface area contributed by atoms with Gasteiger partial charge in [-0.25, -0.2) is 0 Å². The van der Waals surface area contributed by atoms with E-state index in [1.165, 1.54) is 0 Å². The van der Waals surface area contributed by atoms with E-state index in [1.54, 1.807) is 14.2 Å². The number of hydrogen-bond donors (Lipinski definition) is 1. The van der Waals surface area contributed by atoms with E-state index in [4.69, 9.17) is 19.0 Å². The van der Waals surface area contributed by atoms with Gasteiger partial charge in [-0.1, -0.05) is 0 Å². The van der Waals surface area contributed by atoms with Gasteiger partial charge in [0.15, 0.2) is 0 Å². The summed E-state index contributed by atoms with van der Waals surface area (Å²) in [5.41, 5.74) is 5.56. The van der Waals surface area contributed by atoms with Gasteiger partial charge >= 0.3 is 8.80 Å². The van der Waals surface area contributed by atoms with Crippen LogP contribution in [0.3, 0.4) is 0 Å². The number of nitrogens with two attached hydrogens (primary N) is 1. The van der Waals surface area contributed by atoms with Gasteiger partial charge in [0, 0.05) is 33.4 Å². The molecule has 0 aliphatic rings. The third-order valence-corrected chi connectivity index (χ3v) is 3.89. The van der Waals surface area contributed by atoms with Crippen LogP contribution < -0.4 is 5.73 Å². The van der Waals surface area contributed by atoms with Crippen LogP contribution in [0, 0.1) is 0 Å². The lowest BCUT2D eigenvalue weighted by Crippen LogP contribution is -2.41. The zero-order chi connectivity index (χ0) is 9.61. The normalized spacial score (nSPS) is 14.8. The largest absolute Gasteiger partial charge is 0.497 e. The van der Waals surface area contributed by atoms with Gasteiger partial charge in [-0.2, -0.15) is 0 Å². The predicted molar refractivity (Wildman–Crippen MR) is 49.9 cm³/mol. The van der Waals surface area contributed by atoms with E-state index in [-0.39, 0.29) is 6.04 Å². The third-order valence-electron chi connectivity index (χ3n) is 1.68. The van der Waals surface area contributed by atoms with E-state index in [9.17, 15) is 0 Å². The summed E-state index contributed by atoms with van der Waals surface area (Å²) in [6, 6.07) is 0.164.